The number of aliphatic hydroxyl groups excluding tert-OH is 1. The summed E-state index contributed by atoms with van der Waals surface area (Å²) in [6, 6.07) is -1.36. The van der Waals surface area contributed by atoms with E-state index >= 15 is 0 Å². The van der Waals surface area contributed by atoms with E-state index in [9.17, 15) is 13.2 Å². The molecule has 0 fully saturated rings. The molecule has 9 heteroatoms. The SMILES string of the molecule is Cn1cc(S(=O)(=O)N[C@H](CCO)C(=O)O)cn1. The average Bonchev–Trinajstić information content (AvgIpc) is 2.64. The van der Waals surface area contributed by atoms with Gasteiger partial charge >= 0.3 is 5.97 Å². The fraction of sp³-hybridized carbons (Fsp3) is 0.500. The molecular formula is C8H13N3O5S. The van der Waals surface area contributed by atoms with Crippen LogP contribution in [0, 0.1) is 0 Å². The summed E-state index contributed by atoms with van der Waals surface area (Å²) in [4.78, 5) is 10.6. The maximum absolute atomic E-state index is 11.7. The highest BCUT2D eigenvalue weighted by atomic mass is 32.2. The van der Waals surface area contributed by atoms with E-state index in [0.717, 1.165) is 6.20 Å². The van der Waals surface area contributed by atoms with Crippen LogP contribution < -0.4 is 4.72 Å². The number of rotatable bonds is 6. The van der Waals surface area contributed by atoms with Crippen molar-refractivity contribution in [2.24, 2.45) is 7.05 Å². The second kappa shape index (κ2) is 5.25. The molecule has 1 heterocycles. The molecule has 0 saturated heterocycles. The van der Waals surface area contributed by atoms with E-state index in [1.54, 1.807) is 7.05 Å². The van der Waals surface area contributed by atoms with Gasteiger partial charge < -0.3 is 10.2 Å². The Hall–Kier alpha value is -1.45. The lowest BCUT2D eigenvalue weighted by Gasteiger charge is -2.12. The Morgan fingerprint density at radius 3 is 2.71 bits per heavy atom. The van der Waals surface area contributed by atoms with Crippen molar-refractivity contribution < 1.29 is 23.4 Å². The molecule has 1 rings (SSSR count). The van der Waals surface area contributed by atoms with E-state index in [0.29, 0.717) is 0 Å². The molecule has 0 bridgehead atoms. The quantitative estimate of drug-likeness (QED) is 0.576. The van der Waals surface area contributed by atoms with Gasteiger partial charge in [-0.15, -0.1) is 0 Å². The summed E-state index contributed by atoms with van der Waals surface area (Å²) < 4.78 is 26.7. The van der Waals surface area contributed by atoms with E-state index in [1.165, 1.54) is 10.9 Å². The maximum Gasteiger partial charge on any atom is 0.321 e. The first kappa shape index (κ1) is 13.6. The summed E-state index contributed by atoms with van der Waals surface area (Å²) in [7, 11) is -2.39. The highest BCUT2D eigenvalue weighted by molar-refractivity contribution is 7.89. The lowest BCUT2D eigenvalue weighted by atomic mass is 10.2. The number of aliphatic carboxylic acids is 1. The Labute approximate surface area is 97.9 Å². The maximum atomic E-state index is 11.7. The van der Waals surface area contributed by atoms with Crippen LogP contribution in [0.25, 0.3) is 0 Å². The summed E-state index contributed by atoms with van der Waals surface area (Å²) in [6.07, 6.45) is 2.16. The number of carboxylic acids is 1. The number of nitrogens with one attached hydrogen (secondary N) is 1. The predicted molar refractivity (Wildman–Crippen MR) is 56.7 cm³/mol. The van der Waals surface area contributed by atoms with Crippen LogP contribution >= 0.6 is 0 Å². The van der Waals surface area contributed by atoms with Gasteiger partial charge in [0, 0.05) is 19.9 Å². The Bertz CT molecular complexity index is 495. The van der Waals surface area contributed by atoms with Crippen molar-refractivity contribution in [3.05, 3.63) is 12.4 Å². The van der Waals surface area contributed by atoms with Crippen molar-refractivity contribution in [2.45, 2.75) is 17.4 Å². The average molecular weight is 263 g/mol. The number of aryl methyl sites for hydroxylation is 1. The Morgan fingerprint density at radius 2 is 2.29 bits per heavy atom. The Kier molecular flexibility index (Phi) is 4.21. The van der Waals surface area contributed by atoms with Crippen LogP contribution in [0.15, 0.2) is 17.3 Å². The van der Waals surface area contributed by atoms with E-state index in [2.05, 4.69) is 5.10 Å². The zero-order valence-corrected chi connectivity index (χ0v) is 9.88. The van der Waals surface area contributed by atoms with Gasteiger partial charge in [-0.25, -0.2) is 8.42 Å². The molecule has 0 amide bonds. The van der Waals surface area contributed by atoms with Gasteiger partial charge in [0.25, 0.3) is 0 Å². The van der Waals surface area contributed by atoms with Crippen LogP contribution in [-0.2, 0) is 21.9 Å². The van der Waals surface area contributed by atoms with Gasteiger partial charge in [-0.05, 0) is 6.42 Å². The Balaban J connectivity index is 2.88. The smallest absolute Gasteiger partial charge is 0.321 e. The summed E-state index contributed by atoms with van der Waals surface area (Å²) in [6.45, 7) is -0.424. The third-order valence-corrected chi connectivity index (χ3v) is 3.43. The first-order chi connectivity index (χ1) is 7.86. The van der Waals surface area contributed by atoms with Crippen molar-refractivity contribution in [3.63, 3.8) is 0 Å². The highest BCUT2D eigenvalue weighted by Crippen LogP contribution is 2.08. The number of aliphatic hydroxyl groups is 1. The molecule has 96 valence electrons. The van der Waals surface area contributed by atoms with E-state index < -0.39 is 28.6 Å². The zero-order chi connectivity index (χ0) is 13.1. The van der Waals surface area contributed by atoms with E-state index in [-0.39, 0.29) is 11.3 Å². The van der Waals surface area contributed by atoms with Gasteiger partial charge in [0.05, 0.1) is 6.20 Å². The third kappa shape index (κ3) is 3.51. The molecule has 1 aromatic rings. The molecule has 0 unspecified atom stereocenters. The molecule has 3 N–H and O–H groups in total. The van der Waals surface area contributed by atoms with Gasteiger partial charge in [-0.1, -0.05) is 0 Å². The van der Waals surface area contributed by atoms with Gasteiger partial charge in [-0.2, -0.15) is 9.82 Å². The number of hydrogen-bond donors (Lipinski definition) is 3. The molecule has 0 spiro atoms. The molecule has 8 nitrogen and oxygen atoms in total. The summed E-state index contributed by atoms with van der Waals surface area (Å²) in [5, 5.41) is 21.1. The number of aromatic nitrogens is 2. The summed E-state index contributed by atoms with van der Waals surface area (Å²) in [5.74, 6) is -1.34. The minimum atomic E-state index is -3.93. The molecule has 17 heavy (non-hydrogen) atoms. The molecule has 1 atom stereocenters. The lowest BCUT2D eigenvalue weighted by molar-refractivity contribution is -0.139. The molecule has 1 aromatic heterocycles. The number of carboxylic acid groups (broad SMARTS) is 1. The monoisotopic (exact) mass is 263 g/mol. The molecule has 0 aliphatic rings. The van der Waals surface area contributed by atoms with E-state index in [4.69, 9.17) is 10.2 Å². The standard InChI is InChI=1S/C8H13N3O5S/c1-11-5-6(4-9-11)17(15,16)10-7(2-3-12)8(13)14/h4-5,7,10,12H,2-3H2,1H3,(H,13,14)/t7-/m1/s1. The molecule has 0 aliphatic carbocycles. The fourth-order valence-electron chi connectivity index (χ4n) is 1.15. The van der Waals surface area contributed by atoms with Gasteiger partial charge in [0.15, 0.2) is 0 Å². The zero-order valence-electron chi connectivity index (χ0n) is 9.07. The fourth-order valence-corrected chi connectivity index (χ4v) is 2.36. The second-order valence-electron chi connectivity index (χ2n) is 3.37. The normalized spacial score (nSPS) is 13.5. The van der Waals surface area contributed by atoms with Crippen LogP contribution in [0.2, 0.25) is 0 Å². The van der Waals surface area contributed by atoms with Crippen LogP contribution in [-0.4, -0.2) is 47.0 Å². The number of carbonyl (C=O) groups is 1. The lowest BCUT2D eigenvalue weighted by Crippen LogP contribution is -2.41. The third-order valence-electron chi connectivity index (χ3n) is 2.00. The van der Waals surface area contributed by atoms with Gasteiger partial charge in [0.1, 0.15) is 10.9 Å². The van der Waals surface area contributed by atoms with Crippen molar-refractivity contribution >= 4 is 16.0 Å². The second-order valence-corrected chi connectivity index (χ2v) is 5.09. The first-order valence-electron chi connectivity index (χ1n) is 4.71. The molecule has 0 aromatic carbocycles. The number of sulfonamides is 1. The minimum absolute atomic E-state index is 0.121. The van der Waals surface area contributed by atoms with Crippen molar-refractivity contribution in [3.8, 4) is 0 Å². The van der Waals surface area contributed by atoms with Gasteiger partial charge in [-0.3, -0.25) is 9.48 Å². The summed E-state index contributed by atoms with van der Waals surface area (Å²) in [5.41, 5.74) is 0. The molecule has 0 radical (unpaired) electrons. The molecular weight excluding hydrogens is 250 g/mol. The topological polar surface area (TPSA) is 122 Å². The summed E-state index contributed by atoms with van der Waals surface area (Å²) >= 11 is 0. The van der Waals surface area contributed by atoms with Crippen molar-refractivity contribution in [1.29, 1.82) is 0 Å². The van der Waals surface area contributed by atoms with Crippen molar-refractivity contribution in [2.75, 3.05) is 6.61 Å². The van der Waals surface area contributed by atoms with E-state index in [1.807, 2.05) is 4.72 Å². The predicted octanol–water partition coefficient (Wildman–Crippen LogP) is -1.47. The Morgan fingerprint density at radius 1 is 1.65 bits per heavy atom. The minimum Gasteiger partial charge on any atom is -0.480 e. The van der Waals surface area contributed by atoms with Crippen LogP contribution in [0.3, 0.4) is 0 Å². The van der Waals surface area contributed by atoms with Crippen LogP contribution in [0.1, 0.15) is 6.42 Å². The first-order valence-corrected chi connectivity index (χ1v) is 6.20. The molecule has 0 aliphatic heterocycles. The van der Waals surface area contributed by atoms with Crippen molar-refractivity contribution in [1.82, 2.24) is 14.5 Å². The van der Waals surface area contributed by atoms with Crippen LogP contribution in [0.5, 0.6) is 0 Å². The highest BCUT2D eigenvalue weighted by Gasteiger charge is 2.25. The van der Waals surface area contributed by atoms with Gasteiger partial charge in [0.2, 0.25) is 10.0 Å². The molecule has 0 saturated carbocycles. The largest absolute Gasteiger partial charge is 0.480 e. The number of hydrogen-bond acceptors (Lipinski definition) is 5. The van der Waals surface area contributed by atoms with Crippen LogP contribution in [0.4, 0.5) is 0 Å². The number of nitrogens with zero attached hydrogens (tertiary/aromatic N) is 2.